The second-order valence-corrected chi connectivity index (χ2v) is 6.89. The summed E-state index contributed by atoms with van der Waals surface area (Å²) in [6.07, 6.45) is 1.03. The van der Waals surface area contributed by atoms with Crippen molar-refractivity contribution < 1.29 is 9.59 Å². The van der Waals surface area contributed by atoms with Crippen LogP contribution in [0.25, 0.3) is 0 Å². The molecule has 2 heterocycles. The second kappa shape index (κ2) is 9.21. The highest BCUT2D eigenvalue weighted by Gasteiger charge is 2.31. The summed E-state index contributed by atoms with van der Waals surface area (Å²) in [5.41, 5.74) is 1.26. The van der Waals surface area contributed by atoms with Gasteiger partial charge in [0.05, 0.1) is 0 Å². The number of piperazine rings is 1. The molecule has 26 heavy (non-hydrogen) atoms. The number of carbonyl (C=O) groups is 2. The summed E-state index contributed by atoms with van der Waals surface area (Å²) in [4.78, 5) is 30.5. The molecule has 2 saturated heterocycles. The molecule has 144 valence electrons. The van der Waals surface area contributed by atoms with Gasteiger partial charge in [-0.2, -0.15) is 0 Å². The van der Waals surface area contributed by atoms with Gasteiger partial charge in [0, 0.05) is 70.7 Å². The van der Waals surface area contributed by atoms with Crippen LogP contribution in [0.15, 0.2) is 24.3 Å². The third-order valence-corrected chi connectivity index (χ3v) is 4.89. The van der Waals surface area contributed by atoms with Gasteiger partial charge in [-0.3, -0.25) is 9.69 Å². The van der Waals surface area contributed by atoms with E-state index in [1.165, 1.54) is 4.90 Å². The van der Waals surface area contributed by atoms with Gasteiger partial charge < -0.3 is 20.4 Å². The molecule has 1 aromatic rings. The fourth-order valence-electron chi connectivity index (χ4n) is 3.42. The van der Waals surface area contributed by atoms with E-state index in [1.54, 1.807) is 26.2 Å². The number of anilines is 1. The molecule has 2 aliphatic heterocycles. The van der Waals surface area contributed by atoms with Gasteiger partial charge in [-0.15, -0.1) is 12.4 Å². The number of rotatable bonds is 3. The Labute approximate surface area is 161 Å². The predicted molar refractivity (Wildman–Crippen MR) is 105 cm³/mol. The number of hydrogen-bond acceptors (Lipinski definition) is 4. The van der Waals surface area contributed by atoms with Crippen LogP contribution in [0.4, 0.5) is 10.5 Å². The molecular weight excluding hydrogens is 354 g/mol. The minimum Gasteiger partial charge on any atom is -0.337 e. The van der Waals surface area contributed by atoms with E-state index in [4.69, 9.17) is 0 Å². The number of amides is 3. The lowest BCUT2D eigenvalue weighted by Gasteiger charge is -2.32. The Bertz CT molecular complexity index is 634. The molecule has 0 bridgehead atoms. The van der Waals surface area contributed by atoms with E-state index < -0.39 is 0 Å². The van der Waals surface area contributed by atoms with Gasteiger partial charge in [-0.1, -0.05) is 6.07 Å². The number of hydrogen-bond donors (Lipinski definition) is 2. The highest BCUT2D eigenvalue weighted by molar-refractivity contribution is 5.97. The first-order valence-corrected chi connectivity index (χ1v) is 8.87. The van der Waals surface area contributed by atoms with Crippen LogP contribution in [0, 0.1) is 0 Å². The average Bonchev–Trinajstić information content (AvgIpc) is 3.12. The van der Waals surface area contributed by atoms with E-state index in [1.807, 2.05) is 17.0 Å². The molecular formula is C18H28ClN5O2. The number of benzene rings is 1. The summed E-state index contributed by atoms with van der Waals surface area (Å²) < 4.78 is 0. The van der Waals surface area contributed by atoms with Gasteiger partial charge >= 0.3 is 6.03 Å². The Morgan fingerprint density at radius 3 is 2.62 bits per heavy atom. The lowest BCUT2D eigenvalue weighted by Crippen LogP contribution is -2.49. The molecule has 0 spiro atoms. The predicted octanol–water partition coefficient (Wildman–Crippen LogP) is 1.32. The minimum atomic E-state index is -0.204. The van der Waals surface area contributed by atoms with Crippen LogP contribution in [-0.4, -0.2) is 86.0 Å². The second-order valence-electron chi connectivity index (χ2n) is 6.89. The largest absolute Gasteiger partial charge is 0.337 e. The maximum absolute atomic E-state index is 12.8. The maximum Gasteiger partial charge on any atom is 0.321 e. The number of urea groups is 1. The molecule has 7 nitrogen and oxygen atoms in total. The van der Waals surface area contributed by atoms with E-state index in [9.17, 15) is 9.59 Å². The number of carbonyl (C=O) groups excluding carboxylic acids is 2. The van der Waals surface area contributed by atoms with Crippen molar-refractivity contribution in [1.82, 2.24) is 20.0 Å². The van der Waals surface area contributed by atoms with Crippen molar-refractivity contribution in [2.24, 2.45) is 0 Å². The third kappa shape index (κ3) is 4.87. The summed E-state index contributed by atoms with van der Waals surface area (Å²) in [6.45, 7) is 5.74. The molecule has 1 aromatic carbocycles. The average molecular weight is 382 g/mol. The van der Waals surface area contributed by atoms with Crippen molar-refractivity contribution in [3.05, 3.63) is 29.8 Å². The monoisotopic (exact) mass is 381 g/mol. The number of nitrogens with one attached hydrogen (secondary N) is 2. The molecule has 3 rings (SSSR count). The van der Waals surface area contributed by atoms with E-state index in [-0.39, 0.29) is 24.3 Å². The van der Waals surface area contributed by atoms with Crippen LogP contribution in [0.3, 0.4) is 0 Å². The Hall–Kier alpha value is -1.83. The summed E-state index contributed by atoms with van der Waals surface area (Å²) >= 11 is 0. The molecule has 2 N–H and O–H groups in total. The molecule has 1 atom stereocenters. The minimum absolute atomic E-state index is 0. The zero-order valence-corrected chi connectivity index (χ0v) is 16.2. The fraction of sp³-hybridized carbons (Fsp3) is 0.556. The smallest absolute Gasteiger partial charge is 0.321 e. The lowest BCUT2D eigenvalue weighted by molar-refractivity contribution is 0.0773. The van der Waals surface area contributed by atoms with Crippen molar-refractivity contribution in [1.29, 1.82) is 0 Å². The summed E-state index contributed by atoms with van der Waals surface area (Å²) in [5.74, 6) is 0.0404. The topological polar surface area (TPSA) is 67.9 Å². The lowest BCUT2D eigenvalue weighted by atomic mass is 10.1. The molecule has 0 aliphatic carbocycles. The summed E-state index contributed by atoms with van der Waals surface area (Å²) in [7, 11) is 3.37. The Balaban J connectivity index is 0.00000243. The van der Waals surface area contributed by atoms with Gasteiger partial charge in [0.15, 0.2) is 0 Å². The highest BCUT2D eigenvalue weighted by atomic mass is 35.5. The van der Waals surface area contributed by atoms with Crippen molar-refractivity contribution >= 4 is 30.0 Å². The summed E-state index contributed by atoms with van der Waals surface area (Å²) in [5, 5.41) is 6.16. The van der Waals surface area contributed by atoms with Crippen LogP contribution in [-0.2, 0) is 0 Å². The molecule has 2 fully saturated rings. The standard InChI is InChI=1S/C18H27N5O2.ClH/c1-21(2)18(25)20-15-5-3-4-14(12-15)17(24)23-9-6-16(13-23)22-10-7-19-8-11-22;/h3-5,12,16,19H,6-11,13H2,1-2H3,(H,20,25);1H. The fourth-order valence-corrected chi connectivity index (χ4v) is 3.42. The van der Waals surface area contributed by atoms with Crippen LogP contribution >= 0.6 is 12.4 Å². The molecule has 1 unspecified atom stereocenters. The molecule has 0 aromatic heterocycles. The first-order chi connectivity index (χ1) is 12.0. The molecule has 0 radical (unpaired) electrons. The van der Waals surface area contributed by atoms with Gasteiger partial charge in [-0.25, -0.2) is 4.79 Å². The van der Waals surface area contributed by atoms with Gasteiger partial charge in [0.2, 0.25) is 0 Å². The molecule has 3 amide bonds. The van der Waals surface area contributed by atoms with Crippen molar-refractivity contribution in [3.63, 3.8) is 0 Å². The molecule has 2 aliphatic rings. The first-order valence-electron chi connectivity index (χ1n) is 8.87. The van der Waals surface area contributed by atoms with Crippen molar-refractivity contribution in [3.8, 4) is 0 Å². The van der Waals surface area contributed by atoms with Crippen LogP contribution in [0.2, 0.25) is 0 Å². The van der Waals surface area contributed by atoms with Crippen LogP contribution in [0.1, 0.15) is 16.8 Å². The van der Waals surface area contributed by atoms with Gasteiger partial charge in [-0.05, 0) is 24.6 Å². The quantitative estimate of drug-likeness (QED) is 0.828. The number of likely N-dealkylation sites (tertiary alicyclic amines) is 1. The Morgan fingerprint density at radius 1 is 1.19 bits per heavy atom. The first kappa shape index (κ1) is 20.5. The summed E-state index contributed by atoms with van der Waals surface area (Å²) in [6, 6.07) is 7.43. The zero-order valence-electron chi connectivity index (χ0n) is 15.4. The van der Waals surface area contributed by atoms with Crippen molar-refractivity contribution in [2.45, 2.75) is 12.5 Å². The maximum atomic E-state index is 12.8. The number of halogens is 1. The number of nitrogens with zero attached hydrogens (tertiary/aromatic N) is 3. The van der Waals surface area contributed by atoms with Gasteiger partial charge in [0.1, 0.15) is 0 Å². The van der Waals surface area contributed by atoms with Crippen LogP contribution in [0.5, 0.6) is 0 Å². The molecule has 8 heteroatoms. The third-order valence-electron chi connectivity index (χ3n) is 4.89. The zero-order chi connectivity index (χ0) is 17.8. The highest BCUT2D eigenvalue weighted by Crippen LogP contribution is 2.20. The Morgan fingerprint density at radius 2 is 1.92 bits per heavy atom. The van der Waals surface area contributed by atoms with E-state index in [0.29, 0.717) is 17.3 Å². The van der Waals surface area contributed by atoms with Gasteiger partial charge in [0.25, 0.3) is 5.91 Å². The van der Waals surface area contributed by atoms with E-state index in [2.05, 4.69) is 15.5 Å². The Kier molecular flexibility index (Phi) is 7.25. The SMILES string of the molecule is CN(C)C(=O)Nc1cccc(C(=O)N2CCC(N3CCNCC3)C2)c1.Cl. The van der Waals surface area contributed by atoms with Crippen LogP contribution < -0.4 is 10.6 Å². The normalized spacial score (nSPS) is 20.4. The van der Waals surface area contributed by atoms with E-state index in [0.717, 1.165) is 45.7 Å². The molecule has 0 saturated carbocycles. The van der Waals surface area contributed by atoms with Crippen molar-refractivity contribution in [2.75, 3.05) is 58.7 Å². The van der Waals surface area contributed by atoms with E-state index >= 15 is 0 Å².